The summed E-state index contributed by atoms with van der Waals surface area (Å²) in [4.78, 5) is 22.5. The molecule has 37 heavy (non-hydrogen) atoms. The standard InChI is InChI=1S/C21H15F6N5O5/c1-20(6-15(21(25,26)27)36-18(31-20)30-19(33)34)11-4-9(2-3-12(11)22)14-5-13(32-37-14)16-28-7-10(8-29-16)35-17(23)24/h2-5,7-8,15,17H,6H2,1H3,(H,30,31)(H,33,34)/t15-,20-/m0/s1. The Balaban J connectivity index is 1.67. The van der Waals surface area contributed by atoms with Gasteiger partial charge in [0.1, 0.15) is 5.82 Å². The van der Waals surface area contributed by atoms with Crippen molar-refractivity contribution in [3.8, 4) is 28.6 Å². The second kappa shape index (κ2) is 9.59. The zero-order valence-corrected chi connectivity index (χ0v) is 18.5. The summed E-state index contributed by atoms with van der Waals surface area (Å²) >= 11 is 0. The molecule has 1 aliphatic rings. The van der Waals surface area contributed by atoms with Crippen LogP contribution in [0.5, 0.6) is 5.75 Å². The number of carboxylic acid groups (broad SMARTS) is 1. The van der Waals surface area contributed by atoms with Crippen LogP contribution in [0.25, 0.3) is 22.8 Å². The Hall–Kier alpha value is -4.37. The minimum Gasteiger partial charge on any atom is -0.465 e. The van der Waals surface area contributed by atoms with Crippen molar-refractivity contribution >= 4 is 12.1 Å². The number of rotatable bonds is 5. The van der Waals surface area contributed by atoms with E-state index in [1.807, 2.05) is 0 Å². The fourth-order valence-electron chi connectivity index (χ4n) is 3.56. The summed E-state index contributed by atoms with van der Waals surface area (Å²) in [7, 11) is 0. The predicted molar refractivity (Wildman–Crippen MR) is 111 cm³/mol. The average molecular weight is 531 g/mol. The fourth-order valence-corrected chi connectivity index (χ4v) is 3.56. The lowest BCUT2D eigenvalue weighted by Gasteiger charge is -2.36. The first-order valence-corrected chi connectivity index (χ1v) is 10.2. The Morgan fingerprint density at radius 2 is 1.95 bits per heavy atom. The number of hydrogen-bond donors (Lipinski definition) is 2. The maximum absolute atomic E-state index is 14.9. The first-order valence-electron chi connectivity index (χ1n) is 10.2. The van der Waals surface area contributed by atoms with Crippen molar-refractivity contribution in [2.75, 3.05) is 0 Å². The second-order valence-electron chi connectivity index (χ2n) is 7.87. The van der Waals surface area contributed by atoms with Crippen molar-refractivity contribution in [1.82, 2.24) is 20.4 Å². The number of amides is 1. The van der Waals surface area contributed by atoms with Crippen molar-refractivity contribution in [2.24, 2.45) is 4.99 Å². The van der Waals surface area contributed by atoms with E-state index in [0.717, 1.165) is 18.5 Å². The first kappa shape index (κ1) is 25.7. The van der Waals surface area contributed by atoms with E-state index in [1.165, 1.54) is 25.1 Å². The van der Waals surface area contributed by atoms with Gasteiger partial charge >= 0.3 is 18.9 Å². The van der Waals surface area contributed by atoms with Crippen molar-refractivity contribution < 1.29 is 50.2 Å². The van der Waals surface area contributed by atoms with Gasteiger partial charge < -0.3 is 19.1 Å². The average Bonchev–Trinajstić information content (AvgIpc) is 3.28. The highest BCUT2D eigenvalue weighted by Crippen LogP contribution is 2.42. The number of alkyl halides is 5. The van der Waals surface area contributed by atoms with Crippen LogP contribution in [-0.2, 0) is 10.3 Å². The van der Waals surface area contributed by atoms with E-state index >= 15 is 0 Å². The summed E-state index contributed by atoms with van der Waals surface area (Å²) in [6.07, 6.45) is -7.95. The molecule has 1 aliphatic heterocycles. The summed E-state index contributed by atoms with van der Waals surface area (Å²) in [5.74, 6) is -1.17. The molecule has 16 heteroatoms. The molecule has 0 unspecified atom stereocenters. The number of aromatic nitrogens is 3. The predicted octanol–water partition coefficient (Wildman–Crippen LogP) is 4.73. The van der Waals surface area contributed by atoms with Crippen LogP contribution in [0.4, 0.5) is 31.1 Å². The van der Waals surface area contributed by atoms with E-state index in [0.29, 0.717) is 0 Å². The molecule has 0 bridgehead atoms. The highest BCUT2D eigenvalue weighted by Gasteiger charge is 2.50. The number of aliphatic imine (C=N–C) groups is 1. The molecule has 1 amide bonds. The summed E-state index contributed by atoms with van der Waals surface area (Å²) in [5.41, 5.74) is -1.92. The highest BCUT2D eigenvalue weighted by atomic mass is 19.4. The van der Waals surface area contributed by atoms with Crippen LogP contribution < -0.4 is 10.1 Å². The number of nitrogens with one attached hydrogen (secondary N) is 1. The smallest absolute Gasteiger partial charge is 0.425 e. The number of benzene rings is 1. The van der Waals surface area contributed by atoms with Crippen LogP contribution in [-0.4, -0.2) is 51.2 Å². The molecule has 2 N–H and O–H groups in total. The Bertz CT molecular complexity index is 1330. The first-order chi connectivity index (χ1) is 17.3. The van der Waals surface area contributed by atoms with Crippen LogP contribution in [0.2, 0.25) is 0 Å². The number of nitrogens with zero attached hydrogens (tertiary/aromatic N) is 4. The van der Waals surface area contributed by atoms with E-state index in [-0.39, 0.29) is 34.2 Å². The normalized spacial score (nSPS) is 19.8. The quantitative estimate of drug-likeness (QED) is 0.452. The van der Waals surface area contributed by atoms with E-state index < -0.39 is 48.8 Å². The van der Waals surface area contributed by atoms with E-state index in [2.05, 4.69) is 29.6 Å². The number of ether oxygens (including phenoxy) is 2. The maximum Gasteiger partial charge on any atom is 0.425 e. The zero-order chi connectivity index (χ0) is 27.0. The van der Waals surface area contributed by atoms with Gasteiger partial charge in [-0.05, 0) is 25.1 Å². The topological polar surface area (TPSA) is 132 Å². The van der Waals surface area contributed by atoms with E-state index in [4.69, 9.17) is 9.63 Å². The third-order valence-corrected chi connectivity index (χ3v) is 5.19. The molecule has 0 fully saturated rings. The molecule has 2 aromatic heterocycles. The van der Waals surface area contributed by atoms with Gasteiger partial charge in [0, 0.05) is 23.6 Å². The number of halogens is 6. The maximum atomic E-state index is 14.9. The second-order valence-corrected chi connectivity index (χ2v) is 7.87. The summed E-state index contributed by atoms with van der Waals surface area (Å²) < 4.78 is 93.9. The fraction of sp³-hybridized carbons (Fsp3) is 0.286. The zero-order valence-electron chi connectivity index (χ0n) is 18.5. The summed E-state index contributed by atoms with van der Waals surface area (Å²) in [6, 6.07) is 3.83. The van der Waals surface area contributed by atoms with Gasteiger partial charge in [0.25, 0.3) is 6.02 Å². The molecule has 10 nitrogen and oxygen atoms in total. The molecular weight excluding hydrogens is 516 g/mol. The van der Waals surface area contributed by atoms with Crippen molar-refractivity contribution in [2.45, 2.75) is 37.8 Å². The van der Waals surface area contributed by atoms with Gasteiger partial charge in [-0.2, -0.15) is 22.0 Å². The molecular formula is C21H15F6N5O5. The van der Waals surface area contributed by atoms with Gasteiger partial charge in [-0.3, -0.25) is 0 Å². The molecule has 0 saturated heterocycles. The van der Waals surface area contributed by atoms with Crippen molar-refractivity contribution in [3.05, 3.63) is 48.0 Å². The van der Waals surface area contributed by atoms with Crippen molar-refractivity contribution in [1.29, 1.82) is 0 Å². The Labute approximate surface area is 202 Å². The van der Waals surface area contributed by atoms with Gasteiger partial charge in [0.15, 0.2) is 29.1 Å². The third kappa shape index (κ3) is 5.73. The van der Waals surface area contributed by atoms with Gasteiger partial charge in [-0.25, -0.2) is 29.5 Å². The van der Waals surface area contributed by atoms with Gasteiger partial charge in [0.05, 0.1) is 17.9 Å². The molecule has 3 aromatic rings. The molecule has 0 spiro atoms. The summed E-state index contributed by atoms with van der Waals surface area (Å²) in [5, 5.41) is 14.3. The van der Waals surface area contributed by atoms with Crippen LogP contribution in [0.15, 0.2) is 46.2 Å². The highest BCUT2D eigenvalue weighted by molar-refractivity contribution is 5.90. The molecule has 0 aliphatic carbocycles. The SMILES string of the molecule is C[C@@]1(c2cc(-c3cc(-c4ncc(OC(F)F)cn4)no3)ccc2F)C[C@@H](C(F)(F)F)OC(NC(=O)O)=N1. The number of hydrogen-bond acceptors (Lipinski definition) is 8. The molecule has 0 radical (unpaired) electrons. The Morgan fingerprint density at radius 1 is 1.24 bits per heavy atom. The summed E-state index contributed by atoms with van der Waals surface area (Å²) in [6.45, 7) is -1.87. The van der Waals surface area contributed by atoms with Gasteiger partial charge in [-0.1, -0.05) is 5.16 Å². The minimum absolute atomic E-state index is 0.0163. The van der Waals surface area contributed by atoms with E-state index in [9.17, 15) is 31.1 Å². The number of amidine groups is 1. The lowest BCUT2D eigenvalue weighted by atomic mass is 9.84. The molecule has 4 rings (SSSR count). The molecule has 0 saturated carbocycles. The van der Waals surface area contributed by atoms with Crippen LogP contribution in [0, 0.1) is 5.82 Å². The van der Waals surface area contributed by atoms with Crippen molar-refractivity contribution in [3.63, 3.8) is 0 Å². The lowest BCUT2D eigenvalue weighted by Crippen LogP contribution is -2.48. The molecule has 3 heterocycles. The minimum atomic E-state index is -4.90. The van der Waals surface area contributed by atoms with E-state index in [1.54, 1.807) is 5.32 Å². The van der Waals surface area contributed by atoms with Crippen LogP contribution in [0.1, 0.15) is 18.9 Å². The van der Waals surface area contributed by atoms with Crippen LogP contribution in [0.3, 0.4) is 0 Å². The lowest BCUT2D eigenvalue weighted by molar-refractivity contribution is -0.208. The Kier molecular flexibility index (Phi) is 6.66. The largest absolute Gasteiger partial charge is 0.465 e. The van der Waals surface area contributed by atoms with Gasteiger partial charge in [-0.15, -0.1) is 0 Å². The molecule has 196 valence electrons. The molecule has 2 atom stereocenters. The monoisotopic (exact) mass is 531 g/mol. The van der Waals surface area contributed by atoms with Gasteiger partial charge in [0.2, 0.25) is 0 Å². The third-order valence-electron chi connectivity index (χ3n) is 5.19. The molecule has 1 aromatic carbocycles. The Morgan fingerprint density at radius 3 is 2.57 bits per heavy atom. The van der Waals surface area contributed by atoms with Crippen LogP contribution >= 0.6 is 0 Å². The number of carbonyl (C=O) groups is 1.